The monoisotopic (exact) mass is 424 g/mol. The van der Waals surface area contributed by atoms with Crippen LogP contribution in [0.5, 0.6) is 11.5 Å². The van der Waals surface area contributed by atoms with Gasteiger partial charge in [-0.05, 0) is 56.1 Å². The lowest BCUT2D eigenvalue weighted by Crippen LogP contribution is -2.47. The summed E-state index contributed by atoms with van der Waals surface area (Å²) < 4.78 is 11.3. The van der Waals surface area contributed by atoms with E-state index >= 15 is 0 Å². The molecule has 1 aliphatic rings. The normalized spacial score (nSPS) is 14.0. The molecule has 30 heavy (non-hydrogen) atoms. The Morgan fingerprint density at radius 1 is 0.900 bits per heavy atom. The Bertz CT molecular complexity index is 1120. The number of rotatable bonds is 3. The lowest BCUT2D eigenvalue weighted by molar-refractivity contribution is 0.172. The summed E-state index contributed by atoms with van der Waals surface area (Å²) in [6.45, 7) is 12.1. The third kappa shape index (κ3) is 4.73. The fourth-order valence-electron chi connectivity index (χ4n) is 4.13. The molecule has 2 heterocycles. The van der Waals surface area contributed by atoms with Gasteiger partial charge in [-0.1, -0.05) is 20.8 Å². The minimum absolute atomic E-state index is 0.115. The number of hydrogen-bond donors (Lipinski definition) is 2. The number of hydrogen-bond acceptors (Lipinski definition) is 5. The molecule has 4 rings (SSSR count). The molecule has 0 atom stereocenters. The molecule has 6 nitrogen and oxygen atoms in total. The van der Waals surface area contributed by atoms with Gasteiger partial charge < -0.3 is 20.1 Å². The van der Waals surface area contributed by atoms with Crippen molar-refractivity contribution in [2.45, 2.75) is 46.6 Å². The van der Waals surface area contributed by atoms with Gasteiger partial charge in [0.1, 0.15) is 13.2 Å². The molecule has 0 fully saturated rings. The quantitative estimate of drug-likeness (QED) is 0.450. The van der Waals surface area contributed by atoms with Crippen molar-refractivity contribution in [1.82, 2.24) is 15.3 Å². The third-order valence-corrected chi connectivity index (χ3v) is 4.98. The highest BCUT2D eigenvalue weighted by Gasteiger charge is 2.26. The van der Waals surface area contributed by atoms with Crippen molar-refractivity contribution < 1.29 is 9.47 Å². The van der Waals surface area contributed by atoms with E-state index in [2.05, 4.69) is 45.3 Å². The van der Waals surface area contributed by atoms with Crippen LogP contribution >= 0.6 is 12.2 Å². The number of aromatic nitrogens is 2. The van der Waals surface area contributed by atoms with Gasteiger partial charge in [0.15, 0.2) is 16.6 Å². The average Bonchev–Trinajstić information content (AvgIpc) is 2.62. The molecule has 0 amide bonds. The summed E-state index contributed by atoms with van der Waals surface area (Å²) >= 11 is 5.55. The maximum absolute atomic E-state index is 5.67. The number of ether oxygens (including phenoxy) is 2. The average molecular weight is 425 g/mol. The van der Waals surface area contributed by atoms with E-state index in [1.165, 1.54) is 0 Å². The molecule has 158 valence electrons. The summed E-state index contributed by atoms with van der Waals surface area (Å²) in [5, 5.41) is 7.30. The van der Waals surface area contributed by atoms with Gasteiger partial charge in [0, 0.05) is 23.4 Å². The van der Waals surface area contributed by atoms with E-state index in [0.717, 1.165) is 39.9 Å². The molecule has 1 aliphatic heterocycles. The van der Waals surface area contributed by atoms with Crippen molar-refractivity contribution in [2.24, 2.45) is 5.41 Å². The highest BCUT2D eigenvalue weighted by atomic mass is 32.1. The first-order chi connectivity index (χ1) is 14.1. The van der Waals surface area contributed by atoms with E-state index < -0.39 is 0 Å². The topological polar surface area (TPSA) is 68.3 Å². The zero-order chi connectivity index (χ0) is 21.5. The Morgan fingerprint density at radius 3 is 2.07 bits per heavy atom. The number of thiocarbonyl (C=S) groups is 1. The number of fused-ring (bicyclic) bond motifs is 3. The van der Waals surface area contributed by atoms with E-state index in [4.69, 9.17) is 31.7 Å². The van der Waals surface area contributed by atoms with Crippen LogP contribution in [-0.4, -0.2) is 33.8 Å². The van der Waals surface area contributed by atoms with E-state index in [1.807, 2.05) is 30.3 Å². The van der Waals surface area contributed by atoms with Gasteiger partial charge in [-0.3, -0.25) is 0 Å². The number of nitrogens with one attached hydrogen (secondary N) is 2. The van der Waals surface area contributed by atoms with Gasteiger partial charge in [-0.2, -0.15) is 0 Å². The number of anilines is 1. The molecule has 2 N–H and O–H groups in total. The van der Waals surface area contributed by atoms with E-state index in [0.29, 0.717) is 24.1 Å². The van der Waals surface area contributed by atoms with Gasteiger partial charge in [0.2, 0.25) is 0 Å². The fraction of sp³-hybridized carbons (Fsp3) is 0.435. The summed E-state index contributed by atoms with van der Waals surface area (Å²) in [5.74, 6) is 1.43. The molecule has 0 spiro atoms. The van der Waals surface area contributed by atoms with Crippen LogP contribution in [0.1, 0.15) is 41.0 Å². The standard InChI is InChI=1S/C23H28N4O2S/c1-22(2,3)13-23(4,5)27-21(30)24-14-6-7-15-16(10-14)26-18-12-20-19(11-17(18)25-15)28-8-9-29-20/h6-7,10-12H,8-9,13H2,1-5H3,(H2,24,27,30). The fourth-order valence-corrected chi connectivity index (χ4v) is 4.53. The van der Waals surface area contributed by atoms with Crippen molar-refractivity contribution in [1.29, 1.82) is 0 Å². The maximum atomic E-state index is 5.67. The maximum Gasteiger partial charge on any atom is 0.171 e. The molecular formula is C23H28N4O2S. The summed E-state index contributed by atoms with van der Waals surface area (Å²) in [6.07, 6.45) is 0.993. The van der Waals surface area contributed by atoms with E-state index in [9.17, 15) is 0 Å². The Morgan fingerprint density at radius 2 is 1.47 bits per heavy atom. The summed E-state index contributed by atoms with van der Waals surface area (Å²) in [4.78, 5) is 9.51. The minimum Gasteiger partial charge on any atom is -0.486 e. The van der Waals surface area contributed by atoms with Gasteiger partial charge in [-0.15, -0.1) is 0 Å². The first kappa shape index (κ1) is 20.6. The van der Waals surface area contributed by atoms with Gasteiger partial charge >= 0.3 is 0 Å². The molecule has 0 unspecified atom stereocenters. The van der Waals surface area contributed by atoms with E-state index in [1.54, 1.807) is 0 Å². The molecule has 2 aromatic carbocycles. The Labute approximate surface area is 182 Å². The summed E-state index contributed by atoms with van der Waals surface area (Å²) in [7, 11) is 0. The molecule has 0 bridgehead atoms. The SMILES string of the molecule is CC(C)(C)CC(C)(C)NC(=S)Nc1ccc2nc3cc4c(cc3nc2c1)OCCO4. The molecule has 0 saturated heterocycles. The number of benzene rings is 2. The third-order valence-electron chi connectivity index (χ3n) is 4.78. The van der Waals surface area contributed by atoms with Gasteiger partial charge in [0.25, 0.3) is 0 Å². The van der Waals surface area contributed by atoms with Crippen LogP contribution in [0, 0.1) is 5.41 Å². The second-order valence-electron chi connectivity index (χ2n) is 9.61. The smallest absolute Gasteiger partial charge is 0.171 e. The second-order valence-corrected chi connectivity index (χ2v) is 10.0. The highest BCUT2D eigenvalue weighted by molar-refractivity contribution is 7.80. The first-order valence-corrected chi connectivity index (χ1v) is 10.6. The molecule has 0 aliphatic carbocycles. The van der Waals surface area contributed by atoms with Crippen molar-refractivity contribution >= 4 is 45.1 Å². The molecule has 3 aromatic rings. The van der Waals surface area contributed by atoms with Crippen molar-refractivity contribution in [3.05, 3.63) is 30.3 Å². The molecule has 7 heteroatoms. The Hall–Kier alpha value is -2.67. The molecule has 1 aromatic heterocycles. The predicted octanol–water partition coefficient (Wildman–Crippen LogP) is 5.06. The van der Waals surface area contributed by atoms with Gasteiger partial charge in [-0.25, -0.2) is 9.97 Å². The molecule has 0 saturated carbocycles. The van der Waals surface area contributed by atoms with Crippen LogP contribution < -0.4 is 20.1 Å². The van der Waals surface area contributed by atoms with Crippen molar-refractivity contribution in [2.75, 3.05) is 18.5 Å². The van der Waals surface area contributed by atoms with Crippen LogP contribution in [0.2, 0.25) is 0 Å². The largest absolute Gasteiger partial charge is 0.486 e. The van der Waals surface area contributed by atoms with Crippen LogP contribution in [0.4, 0.5) is 5.69 Å². The zero-order valence-corrected chi connectivity index (χ0v) is 18.9. The summed E-state index contributed by atoms with van der Waals surface area (Å²) in [5.41, 5.74) is 4.13. The number of nitrogens with zero attached hydrogens (tertiary/aromatic N) is 2. The van der Waals surface area contributed by atoms with Crippen LogP contribution in [0.3, 0.4) is 0 Å². The first-order valence-electron chi connectivity index (χ1n) is 10.2. The minimum atomic E-state index is -0.115. The van der Waals surface area contributed by atoms with Crippen LogP contribution in [-0.2, 0) is 0 Å². The second kappa shape index (κ2) is 7.54. The molecular weight excluding hydrogens is 396 g/mol. The Kier molecular flexibility index (Phi) is 5.18. The predicted molar refractivity (Wildman–Crippen MR) is 126 cm³/mol. The lowest BCUT2D eigenvalue weighted by Gasteiger charge is -2.34. The lowest BCUT2D eigenvalue weighted by atomic mass is 9.82. The van der Waals surface area contributed by atoms with Crippen molar-refractivity contribution in [3.8, 4) is 11.5 Å². The summed E-state index contributed by atoms with van der Waals surface area (Å²) in [6, 6.07) is 9.65. The highest BCUT2D eigenvalue weighted by Crippen LogP contribution is 2.34. The van der Waals surface area contributed by atoms with Crippen LogP contribution in [0.15, 0.2) is 30.3 Å². The van der Waals surface area contributed by atoms with E-state index in [-0.39, 0.29) is 11.0 Å². The van der Waals surface area contributed by atoms with Crippen molar-refractivity contribution in [3.63, 3.8) is 0 Å². The van der Waals surface area contributed by atoms with Gasteiger partial charge in [0.05, 0.1) is 22.1 Å². The zero-order valence-electron chi connectivity index (χ0n) is 18.1. The van der Waals surface area contributed by atoms with Crippen LogP contribution in [0.25, 0.3) is 22.1 Å². The molecule has 0 radical (unpaired) electrons. The Balaban J connectivity index is 1.56.